The van der Waals surface area contributed by atoms with Gasteiger partial charge in [-0.1, -0.05) is 54.6 Å². The summed E-state index contributed by atoms with van der Waals surface area (Å²) in [5.41, 5.74) is -1.30. The number of rotatable bonds is 12. The number of aliphatic carboxylic acids is 1. The largest absolute Gasteiger partial charge is 0.481 e. The predicted octanol–water partition coefficient (Wildman–Crippen LogP) is 6.43. The number of alkyl halides is 4. The molecule has 12 heteroatoms. The zero-order chi connectivity index (χ0) is 33.9. The molecule has 4 rings (SSSR count). The molecule has 3 atom stereocenters. The predicted molar refractivity (Wildman–Crippen MR) is 158 cm³/mol. The van der Waals surface area contributed by atoms with E-state index in [1.54, 1.807) is 36.4 Å². The fourth-order valence-corrected chi connectivity index (χ4v) is 5.30. The summed E-state index contributed by atoms with van der Waals surface area (Å²) in [6.07, 6.45) is -4.84. The number of hydrogen-bond donors (Lipinski definition) is 3. The van der Waals surface area contributed by atoms with E-state index >= 15 is 0 Å². The number of nitrogens with one attached hydrogen (secondary N) is 2. The van der Waals surface area contributed by atoms with Crippen molar-refractivity contribution in [1.82, 2.24) is 10.6 Å². The standard InChI is InChI=1S/C34H31F5N4O3/c1-32(2,36)17-28(30(44)42-26(19-41)16-24-4-3-20(18-40)15-27(24)35)43-29(34(37,38)39)23-7-5-21(6-8-23)22-9-11-25(12-10-22)33(13-14-33)31(45)46/h3-12,15,26,28-29,43H,13-14,16-17H2,1-2H3,(H,42,44)(H,45,46)/t26-,28-,29-/m0/s1. The second-order valence-corrected chi connectivity index (χ2v) is 12.0. The monoisotopic (exact) mass is 638 g/mol. The summed E-state index contributed by atoms with van der Waals surface area (Å²) < 4.78 is 72.3. The van der Waals surface area contributed by atoms with Crippen LogP contribution in [0.2, 0.25) is 0 Å². The van der Waals surface area contributed by atoms with Crippen molar-refractivity contribution in [2.75, 3.05) is 0 Å². The Labute approximate surface area is 262 Å². The Morgan fingerprint density at radius 1 is 0.957 bits per heavy atom. The molecule has 1 aliphatic carbocycles. The number of hydrogen-bond acceptors (Lipinski definition) is 5. The van der Waals surface area contributed by atoms with Gasteiger partial charge in [0.15, 0.2) is 0 Å². The molecule has 0 unspecified atom stereocenters. The average molecular weight is 639 g/mol. The molecular formula is C34H31F5N4O3. The lowest BCUT2D eigenvalue weighted by Crippen LogP contribution is -2.53. The lowest BCUT2D eigenvalue weighted by atomic mass is 9.93. The lowest BCUT2D eigenvalue weighted by molar-refractivity contribution is -0.161. The van der Waals surface area contributed by atoms with Crippen molar-refractivity contribution in [3.05, 3.63) is 94.8 Å². The van der Waals surface area contributed by atoms with E-state index in [0.29, 0.717) is 29.5 Å². The second kappa shape index (κ2) is 13.3. The van der Waals surface area contributed by atoms with Crippen LogP contribution < -0.4 is 10.6 Å². The van der Waals surface area contributed by atoms with E-state index in [1.165, 1.54) is 36.4 Å². The summed E-state index contributed by atoms with van der Waals surface area (Å²) in [5.74, 6) is -2.77. The van der Waals surface area contributed by atoms with Crippen LogP contribution >= 0.6 is 0 Å². The third kappa shape index (κ3) is 8.06. The summed E-state index contributed by atoms with van der Waals surface area (Å²) in [7, 11) is 0. The van der Waals surface area contributed by atoms with Crippen LogP contribution in [0.25, 0.3) is 11.1 Å². The second-order valence-electron chi connectivity index (χ2n) is 12.0. The van der Waals surface area contributed by atoms with E-state index in [-0.39, 0.29) is 23.1 Å². The van der Waals surface area contributed by atoms with Crippen LogP contribution in [0.4, 0.5) is 22.0 Å². The van der Waals surface area contributed by atoms with Gasteiger partial charge in [0.1, 0.15) is 23.6 Å². The number of nitrogens with zero attached hydrogens (tertiary/aromatic N) is 2. The van der Waals surface area contributed by atoms with Gasteiger partial charge < -0.3 is 10.4 Å². The highest BCUT2D eigenvalue weighted by atomic mass is 19.4. The number of nitriles is 2. The summed E-state index contributed by atoms with van der Waals surface area (Å²) in [5, 5.41) is 32.6. The Kier molecular flexibility index (Phi) is 9.83. The quantitative estimate of drug-likeness (QED) is 0.196. The van der Waals surface area contributed by atoms with Gasteiger partial charge >= 0.3 is 12.1 Å². The number of carbonyl (C=O) groups excluding carboxylic acids is 1. The highest BCUT2D eigenvalue weighted by Gasteiger charge is 2.51. The SMILES string of the molecule is CC(C)(F)C[C@H](N[C@@H](c1ccc(-c2ccc(C3(C(=O)O)CC3)cc2)cc1)C(F)(F)F)C(=O)N[C@H](C#N)Cc1ccc(C#N)cc1F. The van der Waals surface area contributed by atoms with Crippen LogP contribution in [-0.4, -0.2) is 40.9 Å². The van der Waals surface area contributed by atoms with Crippen molar-refractivity contribution < 1.29 is 36.6 Å². The number of carboxylic acids is 1. The molecule has 0 aromatic heterocycles. The molecule has 0 bridgehead atoms. The summed E-state index contributed by atoms with van der Waals surface area (Å²) in [6.45, 7) is 2.21. The molecule has 46 heavy (non-hydrogen) atoms. The molecule has 1 amide bonds. The molecule has 3 aromatic carbocycles. The van der Waals surface area contributed by atoms with Crippen LogP contribution in [-0.2, 0) is 21.4 Å². The fraction of sp³-hybridized carbons (Fsp3) is 0.353. The fourth-order valence-electron chi connectivity index (χ4n) is 5.30. The third-order valence-corrected chi connectivity index (χ3v) is 7.95. The molecule has 3 aromatic rings. The molecule has 7 nitrogen and oxygen atoms in total. The molecule has 0 heterocycles. The number of amides is 1. The van der Waals surface area contributed by atoms with Gasteiger partial charge in [-0.25, -0.2) is 8.78 Å². The maximum absolute atomic E-state index is 14.8. The van der Waals surface area contributed by atoms with Gasteiger partial charge in [0.05, 0.1) is 29.2 Å². The minimum Gasteiger partial charge on any atom is -0.481 e. The molecule has 3 N–H and O–H groups in total. The summed E-state index contributed by atoms with van der Waals surface area (Å²) in [4.78, 5) is 24.8. The lowest BCUT2D eigenvalue weighted by Gasteiger charge is -2.30. The van der Waals surface area contributed by atoms with Crippen LogP contribution in [0.5, 0.6) is 0 Å². The molecule has 0 saturated heterocycles. The van der Waals surface area contributed by atoms with Crippen molar-refractivity contribution in [3.63, 3.8) is 0 Å². The first-order chi connectivity index (χ1) is 21.6. The van der Waals surface area contributed by atoms with Crippen molar-refractivity contribution in [2.24, 2.45) is 0 Å². The van der Waals surface area contributed by atoms with Crippen molar-refractivity contribution in [2.45, 2.75) is 74.9 Å². The van der Waals surface area contributed by atoms with E-state index in [9.17, 15) is 41.9 Å². The molecule has 1 fully saturated rings. The Morgan fingerprint density at radius 3 is 2.00 bits per heavy atom. The van der Waals surface area contributed by atoms with Crippen LogP contribution in [0.1, 0.15) is 61.4 Å². The molecule has 1 saturated carbocycles. The van der Waals surface area contributed by atoms with Gasteiger partial charge in [0.25, 0.3) is 0 Å². The zero-order valence-corrected chi connectivity index (χ0v) is 25.0. The highest BCUT2D eigenvalue weighted by molar-refractivity contribution is 5.85. The maximum atomic E-state index is 14.8. The Balaban J connectivity index is 1.53. The van der Waals surface area contributed by atoms with Gasteiger partial charge in [-0.2, -0.15) is 23.7 Å². The van der Waals surface area contributed by atoms with Crippen LogP contribution in [0.3, 0.4) is 0 Å². The number of carboxylic acid groups (broad SMARTS) is 1. The first-order valence-electron chi connectivity index (χ1n) is 14.4. The average Bonchev–Trinajstić information content (AvgIpc) is 3.81. The van der Waals surface area contributed by atoms with Gasteiger partial charge in [-0.3, -0.25) is 14.9 Å². The van der Waals surface area contributed by atoms with Gasteiger partial charge in [0.2, 0.25) is 5.91 Å². The normalized spacial score (nSPS) is 15.9. The van der Waals surface area contributed by atoms with E-state index in [0.717, 1.165) is 19.9 Å². The minimum absolute atomic E-state index is 0.00184. The van der Waals surface area contributed by atoms with E-state index in [4.69, 9.17) is 5.26 Å². The summed E-state index contributed by atoms with van der Waals surface area (Å²) in [6, 6.07) is 13.8. The first-order valence-corrected chi connectivity index (χ1v) is 14.4. The van der Waals surface area contributed by atoms with Gasteiger partial charge in [-0.15, -0.1) is 0 Å². The van der Waals surface area contributed by atoms with Crippen LogP contribution in [0, 0.1) is 28.5 Å². The van der Waals surface area contributed by atoms with E-state index in [1.807, 2.05) is 0 Å². The number of benzene rings is 3. The highest BCUT2D eigenvalue weighted by Crippen LogP contribution is 2.48. The Bertz CT molecular complexity index is 1670. The molecule has 1 aliphatic rings. The molecule has 0 radical (unpaired) electrons. The molecule has 0 spiro atoms. The van der Waals surface area contributed by atoms with Crippen molar-refractivity contribution >= 4 is 11.9 Å². The minimum atomic E-state index is -4.90. The van der Waals surface area contributed by atoms with E-state index in [2.05, 4.69) is 10.6 Å². The maximum Gasteiger partial charge on any atom is 0.407 e. The number of halogens is 5. The van der Waals surface area contributed by atoms with Crippen molar-refractivity contribution in [3.8, 4) is 23.3 Å². The Hall–Kier alpha value is -4.81. The topological polar surface area (TPSA) is 126 Å². The third-order valence-electron chi connectivity index (χ3n) is 7.95. The van der Waals surface area contributed by atoms with Gasteiger partial charge in [0, 0.05) is 12.8 Å². The first kappa shape index (κ1) is 34.1. The van der Waals surface area contributed by atoms with Gasteiger partial charge in [-0.05, 0) is 66.6 Å². The van der Waals surface area contributed by atoms with Crippen LogP contribution in [0.15, 0.2) is 66.7 Å². The molecular weight excluding hydrogens is 607 g/mol. The number of carbonyl (C=O) groups is 2. The Morgan fingerprint density at radius 2 is 1.54 bits per heavy atom. The molecule has 0 aliphatic heterocycles. The summed E-state index contributed by atoms with van der Waals surface area (Å²) >= 11 is 0. The smallest absolute Gasteiger partial charge is 0.407 e. The van der Waals surface area contributed by atoms with Crippen molar-refractivity contribution in [1.29, 1.82) is 10.5 Å². The zero-order valence-electron chi connectivity index (χ0n) is 25.0. The molecule has 240 valence electrons. The van der Waals surface area contributed by atoms with E-state index < -0.39 is 59.5 Å².